The first-order chi connectivity index (χ1) is 7.65. The molecule has 88 valence electrons. The van der Waals surface area contributed by atoms with E-state index < -0.39 is 5.97 Å². The second kappa shape index (κ2) is 6.02. The van der Waals surface area contributed by atoms with Crippen LogP contribution in [-0.4, -0.2) is 38.8 Å². The molecule has 0 radical (unpaired) electrons. The second-order valence-corrected chi connectivity index (χ2v) is 3.34. The smallest absolute Gasteiger partial charge is 0.358 e. The van der Waals surface area contributed by atoms with Crippen molar-refractivity contribution in [2.24, 2.45) is 0 Å². The van der Waals surface area contributed by atoms with E-state index in [2.05, 4.69) is 15.3 Å². The third-order valence-corrected chi connectivity index (χ3v) is 2.14. The van der Waals surface area contributed by atoms with Crippen molar-refractivity contribution in [3.05, 3.63) is 18.1 Å². The number of aromatic carboxylic acids is 1. The summed E-state index contributed by atoms with van der Waals surface area (Å²) < 4.78 is 0. The van der Waals surface area contributed by atoms with Gasteiger partial charge in [-0.1, -0.05) is 6.92 Å². The van der Waals surface area contributed by atoms with Crippen molar-refractivity contribution < 1.29 is 15.0 Å². The van der Waals surface area contributed by atoms with E-state index in [0.29, 0.717) is 19.4 Å². The Labute approximate surface area is 93.4 Å². The van der Waals surface area contributed by atoms with E-state index in [4.69, 9.17) is 5.11 Å². The highest BCUT2D eigenvalue weighted by Gasteiger charge is 2.12. The maximum Gasteiger partial charge on any atom is 0.358 e. The molecule has 0 aliphatic rings. The summed E-state index contributed by atoms with van der Waals surface area (Å²) in [5, 5.41) is 21.0. The van der Waals surface area contributed by atoms with E-state index in [1.807, 2.05) is 6.92 Å². The standard InChI is InChI=1S/C10H15N3O3/c1-2-7(14)3-4-12-9-8(10(15)16)11-5-6-13-9/h5-7,14H,2-4H2,1H3,(H,12,13)(H,15,16). The molecule has 16 heavy (non-hydrogen) atoms. The topological polar surface area (TPSA) is 95.3 Å². The number of carbonyl (C=O) groups is 1. The summed E-state index contributed by atoms with van der Waals surface area (Å²) in [6.07, 6.45) is 3.60. The molecule has 1 aromatic rings. The number of carboxylic acids is 1. The number of anilines is 1. The molecule has 0 saturated carbocycles. The van der Waals surface area contributed by atoms with Gasteiger partial charge in [0.05, 0.1) is 6.10 Å². The van der Waals surface area contributed by atoms with E-state index in [1.165, 1.54) is 12.4 Å². The highest BCUT2D eigenvalue weighted by Crippen LogP contribution is 2.08. The van der Waals surface area contributed by atoms with Crippen LogP contribution in [0.2, 0.25) is 0 Å². The monoisotopic (exact) mass is 225 g/mol. The summed E-state index contributed by atoms with van der Waals surface area (Å²) in [5.74, 6) is -0.884. The first kappa shape index (κ1) is 12.4. The van der Waals surface area contributed by atoms with Crippen LogP contribution in [-0.2, 0) is 0 Å². The molecule has 0 bridgehead atoms. The minimum atomic E-state index is -1.12. The quantitative estimate of drug-likeness (QED) is 0.661. The molecule has 0 aromatic carbocycles. The SMILES string of the molecule is CCC(O)CCNc1nccnc1C(=O)O. The van der Waals surface area contributed by atoms with Gasteiger partial charge >= 0.3 is 5.97 Å². The molecule has 1 heterocycles. The van der Waals surface area contributed by atoms with Crippen molar-refractivity contribution in [1.82, 2.24) is 9.97 Å². The lowest BCUT2D eigenvalue weighted by molar-refractivity contribution is 0.0691. The van der Waals surface area contributed by atoms with Crippen LogP contribution in [0.25, 0.3) is 0 Å². The fourth-order valence-electron chi connectivity index (χ4n) is 1.19. The van der Waals surface area contributed by atoms with Crippen molar-refractivity contribution in [2.75, 3.05) is 11.9 Å². The van der Waals surface area contributed by atoms with Gasteiger partial charge in [0.2, 0.25) is 0 Å². The van der Waals surface area contributed by atoms with Crippen molar-refractivity contribution in [3.63, 3.8) is 0 Å². The maximum absolute atomic E-state index is 10.8. The van der Waals surface area contributed by atoms with Crippen LogP contribution in [0.5, 0.6) is 0 Å². The minimum Gasteiger partial charge on any atom is -0.476 e. The normalized spacial score (nSPS) is 12.1. The fourth-order valence-corrected chi connectivity index (χ4v) is 1.19. The molecule has 6 nitrogen and oxygen atoms in total. The summed E-state index contributed by atoms with van der Waals surface area (Å²) in [6.45, 7) is 2.35. The van der Waals surface area contributed by atoms with Gasteiger partial charge in [0, 0.05) is 18.9 Å². The Morgan fingerprint density at radius 1 is 1.50 bits per heavy atom. The fraction of sp³-hybridized carbons (Fsp3) is 0.500. The zero-order valence-corrected chi connectivity index (χ0v) is 9.05. The van der Waals surface area contributed by atoms with Gasteiger partial charge in [0.15, 0.2) is 11.5 Å². The lowest BCUT2D eigenvalue weighted by Gasteiger charge is -2.10. The highest BCUT2D eigenvalue weighted by atomic mass is 16.4. The van der Waals surface area contributed by atoms with Crippen LogP contribution < -0.4 is 5.32 Å². The molecular weight excluding hydrogens is 210 g/mol. The average molecular weight is 225 g/mol. The summed E-state index contributed by atoms with van der Waals surface area (Å²) in [4.78, 5) is 18.4. The third kappa shape index (κ3) is 3.47. The van der Waals surface area contributed by atoms with Gasteiger partial charge in [-0.15, -0.1) is 0 Å². The summed E-state index contributed by atoms with van der Waals surface area (Å²) in [6, 6.07) is 0. The molecule has 0 aliphatic heterocycles. The zero-order chi connectivity index (χ0) is 12.0. The van der Waals surface area contributed by atoms with Gasteiger partial charge < -0.3 is 15.5 Å². The van der Waals surface area contributed by atoms with E-state index in [1.54, 1.807) is 0 Å². The van der Waals surface area contributed by atoms with Crippen molar-refractivity contribution in [2.45, 2.75) is 25.9 Å². The number of aliphatic hydroxyl groups excluding tert-OH is 1. The molecule has 1 rings (SSSR count). The molecule has 0 saturated heterocycles. The number of aromatic nitrogens is 2. The van der Waals surface area contributed by atoms with Gasteiger partial charge in [0.25, 0.3) is 0 Å². The van der Waals surface area contributed by atoms with Crippen LogP contribution in [0.1, 0.15) is 30.3 Å². The van der Waals surface area contributed by atoms with Crippen LogP contribution in [0, 0.1) is 0 Å². The second-order valence-electron chi connectivity index (χ2n) is 3.34. The van der Waals surface area contributed by atoms with Gasteiger partial charge in [0.1, 0.15) is 0 Å². The lowest BCUT2D eigenvalue weighted by Crippen LogP contribution is -2.15. The highest BCUT2D eigenvalue weighted by molar-refractivity contribution is 5.90. The molecular formula is C10H15N3O3. The molecule has 1 atom stereocenters. The van der Waals surface area contributed by atoms with Gasteiger partial charge in [-0.25, -0.2) is 14.8 Å². The van der Waals surface area contributed by atoms with E-state index in [-0.39, 0.29) is 17.6 Å². The first-order valence-corrected chi connectivity index (χ1v) is 5.11. The van der Waals surface area contributed by atoms with Crippen LogP contribution in [0.15, 0.2) is 12.4 Å². The predicted molar refractivity (Wildman–Crippen MR) is 58.4 cm³/mol. The van der Waals surface area contributed by atoms with E-state index >= 15 is 0 Å². The Hall–Kier alpha value is -1.69. The summed E-state index contributed by atoms with van der Waals surface area (Å²) in [5.41, 5.74) is -0.103. The Morgan fingerprint density at radius 3 is 2.81 bits per heavy atom. The van der Waals surface area contributed by atoms with Crippen LogP contribution in [0.3, 0.4) is 0 Å². The first-order valence-electron chi connectivity index (χ1n) is 5.11. The Bertz CT molecular complexity index is 357. The Kier molecular flexibility index (Phi) is 4.65. The van der Waals surface area contributed by atoms with Gasteiger partial charge in [-0.05, 0) is 12.8 Å². The number of nitrogens with zero attached hydrogens (tertiary/aromatic N) is 2. The molecule has 0 fully saturated rings. The summed E-state index contributed by atoms with van der Waals surface area (Å²) >= 11 is 0. The molecule has 0 amide bonds. The third-order valence-electron chi connectivity index (χ3n) is 2.14. The van der Waals surface area contributed by atoms with E-state index in [9.17, 15) is 9.90 Å². The van der Waals surface area contributed by atoms with Crippen LogP contribution >= 0.6 is 0 Å². The largest absolute Gasteiger partial charge is 0.476 e. The Balaban J connectivity index is 2.56. The van der Waals surface area contributed by atoms with Gasteiger partial charge in [-0.2, -0.15) is 0 Å². The minimum absolute atomic E-state index is 0.103. The molecule has 6 heteroatoms. The number of rotatable bonds is 6. The lowest BCUT2D eigenvalue weighted by atomic mass is 10.2. The van der Waals surface area contributed by atoms with Crippen molar-refractivity contribution >= 4 is 11.8 Å². The molecule has 3 N–H and O–H groups in total. The van der Waals surface area contributed by atoms with Crippen molar-refractivity contribution in [3.8, 4) is 0 Å². The molecule has 0 spiro atoms. The van der Waals surface area contributed by atoms with Crippen molar-refractivity contribution in [1.29, 1.82) is 0 Å². The number of carboxylic acid groups (broad SMARTS) is 1. The number of aliphatic hydroxyl groups is 1. The maximum atomic E-state index is 10.8. The summed E-state index contributed by atoms with van der Waals surface area (Å²) in [7, 11) is 0. The van der Waals surface area contributed by atoms with E-state index in [0.717, 1.165) is 0 Å². The van der Waals surface area contributed by atoms with Crippen LogP contribution in [0.4, 0.5) is 5.82 Å². The average Bonchev–Trinajstić information content (AvgIpc) is 2.29. The number of hydrogen-bond donors (Lipinski definition) is 3. The number of hydrogen-bond acceptors (Lipinski definition) is 5. The molecule has 0 aliphatic carbocycles. The van der Waals surface area contributed by atoms with Gasteiger partial charge in [-0.3, -0.25) is 0 Å². The number of nitrogens with one attached hydrogen (secondary N) is 1. The molecule has 1 aromatic heterocycles. The predicted octanol–water partition coefficient (Wildman–Crippen LogP) is 0.748. The zero-order valence-electron chi connectivity index (χ0n) is 9.05. The molecule has 1 unspecified atom stereocenters. The Morgan fingerprint density at radius 2 is 2.19 bits per heavy atom.